The second-order valence-corrected chi connectivity index (χ2v) is 7.10. The van der Waals surface area contributed by atoms with Crippen LogP contribution in [-0.2, 0) is 20.8 Å². The Balaban J connectivity index is 1.72. The Kier molecular flexibility index (Phi) is 8.89. The zero-order valence-electron chi connectivity index (χ0n) is 16.8. The van der Waals surface area contributed by atoms with Crippen LogP contribution in [0.2, 0.25) is 0 Å². The third kappa shape index (κ3) is 8.17. The second-order valence-electron chi connectivity index (χ2n) is 7.10. The van der Waals surface area contributed by atoms with E-state index in [1.807, 2.05) is 67.6 Å². The molecule has 0 unspecified atom stereocenters. The Morgan fingerprint density at radius 3 is 2.00 bits per heavy atom. The summed E-state index contributed by atoms with van der Waals surface area (Å²) in [5.41, 5.74) is 7.59. The van der Waals surface area contributed by atoms with Crippen LogP contribution >= 0.6 is 0 Å². The molecule has 29 heavy (non-hydrogen) atoms. The molecular weight excluding hydrogens is 366 g/mol. The number of hydrogen-bond donors (Lipinski definition) is 3. The minimum absolute atomic E-state index is 0.00973. The molecule has 0 aliphatic heterocycles. The van der Waals surface area contributed by atoms with Crippen LogP contribution < -0.4 is 16.4 Å². The Bertz CT molecular complexity index is 794. The highest BCUT2D eigenvalue weighted by molar-refractivity contribution is 5.88. The molecule has 0 spiro atoms. The normalized spacial score (nSPS) is 12.6. The number of benzene rings is 2. The number of nitrogens with two attached hydrogens (primary N) is 1. The zero-order valence-corrected chi connectivity index (χ0v) is 16.8. The Hall–Kier alpha value is -3.15. The molecule has 2 atom stereocenters. The summed E-state index contributed by atoms with van der Waals surface area (Å²) in [6.45, 7) is 1.89. The molecule has 6 nitrogen and oxygen atoms in total. The molecule has 0 saturated carbocycles. The number of carbonyl (C=O) groups is 3. The Morgan fingerprint density at radius 2 is 1.41 bits per heavy atom. The van der Waals surface area contributed by atoms with Gasteiger partial charge in [0.05, 0.1) is 6.04 Å². The van der Waals surface area contributed by atoms with Crippen molar-refractivity contribution < 1.29 is 14.4 Å². The SMILES string of the molecule is C[C@@H](NC(=O)CCC(=O)N[C@H](CCCc1ccccc1)C(N)=O)c1ccccc1. The molecule has 0 saturated heterocycles. The summed E-state index contributed by atoms with van der Waals surface area (Å²) in [7, 11) is 0. The highest BCUT2D eigenvalue weighted by Gasteiger charge is 2.18. The first-order valence-electron chi connectivity index (χ1n) is 9.92. The van der Waals surface area contributed by atoms with Crippen LogP contribution in [0.3, 0.4) is 0 Å². The lowest BCUT2D eigenvalue weighted by Crippen LogP contribution is -2.44. The molecule has 2 rings (SSSR count). The average Bonchev–Trinajstić information content (AvgIpc) is 2.73. The summed E-state index contributed by atoms with van der Waals surface area (Å²) >= 11 is 0. The second kappa shape index (κ2) is 11.6. The van der Waals surface area contributed by atoms with Gasteiger partial charge in [0.15, 0.2) is 0 Å². The third-order valence-corrected chi connectivity index (χ3v) is 4.74. The first-order valence-corrected chi connectivity index (χ1v) is 9.92. The van der Waals surface area contributed by atoms with E-state index in [1.165, 1.54) is 5.56 Å². The van der Waals surface area contributed by atoms with Crippen molar-refractivity contribution in [3.05, 3.63) is 71.8 Å². The number of rotatable bonds is 11. The van der Waals surface area contributed by atoms with Crippen LogP contribution in [-0.4, -0.2) is 23.8 Å². The summed E-state index contributed by atoms with van der Waals surface area (Å²) in [6.07, 6.45) is 2.06. The van der Waals surface area contributed by atoms with Gasteiger partial charge in [-0.2, -0.15) is 0 Å². The minimum Gasteiger partial charge on any atom is -0.368 e. The molecular formula is C23H29N3O3. The maximum Gasteiger partial charge on any atom is 0.239 e. The number of carbonyl (C=O) groups excluding carboxylic acids is 3. The zero-order chi connectivity index (χ0) is 21.1. The molecule has 0 heterocycles. The Morgan fingerprint density at radius 1 is 0.862 bits per heavy atom. The predicted molar refractivity (Wildman–Crippen MR) is 113 cm³/mol. The summed E-state index contributed by atoms with van der Waals surface area (Å²) in [5, 5.41) is 5.52. The molecule has 154 valence electrons. The van der Waals surface area contributed by atoms with E-state index in [4.69, 9.17) is 5.73 Å². The molecule has 4 N–H and O–H groups in total. The highest BCUT2D eigenvalue weighted by atomic mass is 16.2. The quantitative estimate of drug-likeness (QED) is 0.545. The molecule has 0 aliphatic rings. The van der Waals surface area contributed by atoms with Crippen molar-refractivity contribution in [3.8, 4) is 0 Å². The fourth-order valence-electron chi connectivity index (χ4n) is 3.07. The smallest absolute Gasteiger partial charge is 0.239 e. The van der Waals surface area contributed by atoms with Gasteiger partial charge in [-0.25, -0.2) is 0 Å². The number of aryl methyl sites for hydroxylation is 1. The predicted octanol–water partition coefficient (Wildman–Crippen LogP) is 2.64. The van der Waals surface area contributed by atoms with Crippen LogP contribution in [0.4, 0.5) is 0 Å². The summed E-state index contributed by atoms with van der Waals surface area (Å²) in [5.74, 6) is -1.12. The van der Waals surface area contributed by atoms with Crippen molar-refractivity contribution in [2.24, 2.45) is 5.73 Å². The van der Waals surface area contributed by atoms with Gasteiger partial charge in [-0.1, -0.05) is 60.7 Å². The van der Waals surface area contributed by atoms with Gasteiger partial charge in [0.2, 0.25) is 17.7 Å². The average molecular weight is 396 g/mol. The van der Waals surface area contributed by atoms with E-state index >= 15 is 0 Å². The van der Waals surface area contributed by atoms with Crippen LogP contribution in [0, 0.1) is 0 Å². The van der Waals surface area contributed by atoms with Gasteiger partial charge in [-0.05, 0) is 37.3 Å². The standard InChI is InChI=1S/C23H29N3O3/c1-17(19-12-6-3-7-13-19)25-21(27)15-16-22(28)26-20(23(24)29)14-8-11-18-9-4-2-5-10-18/h2-7,9-10,12-13,17,20H,8,11,14-16H2,1H3,(H2,24,29)(H,25,27)(H,26,28)/t17-,20-/m1/s1. The van der Waals surface area contributed by atoms with Gasteiger partial charge < -0.3 is 16.4 Å². The van der Waals surface area contributed by atoms with Crippen LogP contribution in [0.25, 0.3) is 0 Å². The molecule has 2 aromatic carbocycles. The number of nitrogens with one attached hydrogen (secondary N) is 2. The van der Waals surface area contributed by atoms with E-state index in [0.717, 1.165) is 18.4 Å². The molecule has 0 aromatic heterocycles. The Labute approximate surface area is 171 Å². The van der Waals surface area contributed by atoms with Crippen molar-refractivity contribution in [2.75, 3.05) is 0 Å². The molecule has 0 radical (unpaired) electrons. The summed E-state index contributed by atoms with van der Waals surface area (Å²) < 4.78 is 0. The monoisotopic (exact) mass is 395 g/mol. The van der Waals surface area contributed by atoms with Crippen LogP contribution in [0.5, 0.6) is 0 Å². The molecule has 0 fully saturated rings. The van der Waals surface area contributed by atoms with Crippen LogP contribution in [0.15, 0.2) is 60.7 Å². The minimum atomic E-state index is -0.725. The molecule has 2 aromatic rings. The summed E-state index contributed by atoms with van der Waals surface area (Å²) in [6, 6.07) is 18.7. The van der Waals surface area contributed by atoms with E-state index in [1.54, 1.807) is 0 Å². The highest BCUT2D eigenvalue weighted by Crippen LogP contribution is 2.11. The lowest BCUT2D eigenvalue weighted by Gasteiger charge is -2.16. The number of primary amides is 1. The first kappa shape index (κ1) is 22.1. The number of amides is 3. The lowest BCUT2D eigenvalue weighted by molar-refractivity contribution is -0.129. The topological polar surface area (TPSA) is 101 Å². The van der Waals surface area contributed by atoms with E-state index in [-0.39, 0.29) is 30.7 Å². The third-order valence-electron chi connectivity index (χ3n) is 4.74. The van der Waals surface area contributed by atoms with Crippen molar-refractivity contribution in [1.82, 2.24) is 10.6 Å². The number of hydrogen-bond acceptors (Lipinski definition) is 3. The molecule has 3 amide bonds. The summed E-state index contributed by atoms with van der Waals surface area (Å²) in [4.78, 5) is 35.9. The van der Waals surface area contributed by atoms with Crippen LogP contribution in [0.1, 0.15) is 49.8 Å². The van der Waals surface area contributed by atoms with Gasteiger partial charge in [0, 0.05) is 12.8 Å². The maximum absolute atomic E-state index is 12.2. The van der Waals surface area contributed by atoms with E-state index in [2.05, 4.69) is 10.6 Å². The molecule has 0 aliphatic carbocycles. The van der Waals surface area contributed by atoms with Gasteiger partial charge in [-0.15, -0.1) is 0 Å². The van der Waals surface area contributed by atoms with Crippen molar-refractivity contribution in [1.29, 1.82) is 0 Å². The fraction of sp³-hybridized carbons (Fsp3) is 0.348. The molecule has 0 bridgehead atoms. The molecule has 6 heteroatoms. The fourth-order valence-corrected chi connectivity index (χ4v) is 3.07. The van der Waals surface area contributed by atoms with E-state index in [0.29, 0.717) is 6.42 Å². The van der Waals surface area contributed by atoms with Gasteiger partial charge in [-0.3, -0.25) is 14.4 Å². The first-order chi connectivity index (χ1) is 14.0. The van der Waals surface area contributed by atoms with Crippen molar-refractivity contribution in [3.63, 3.8) is 0 Å². The van der Waals surface area contributed by atoms with Gasteiger partial charge in [0.25, 0.3) is 0 Å². The van der Waals surface area contributed by atoms with E-state index in [9.17, 15) is 14.4 Å². The van der Waals surface area contributed by atoms with Gasteiger partial charge in [0.1, 0.15) is 6.04 Å². The van der Waals surface area contributed by atoms with Gasteiger partial charge >= 0.3 is 0 Å². The lowest BCUT2D eigenvalue weighted by atomic mass is 10.0. The largest absolute Gasteiger partial charge is 0.368 e. The maximum atomic E-state index is 12.2. The van der Waals surface area contributed by atoms with Crippen molar-refractivity contribution >= 4 is 17.7 Å². The van der Waals surface area contributed by atoms with Crippen molar-refractivity contribution in [2.45, 2.75) is 51.1 Å². The van der Waals surface area contributed by atoms with E-state index < -0.39 is 11.9 Å².